The lowest BCUT2D eigenvalue weighted by molar-refractivity contribution is -0.148. The molecule has 1 aromatic carbocycles. The summed E-state index contributed by atoms with van der Waals surface area (Å²) in [6, 6.07) is 9.56. The fourth-order valence-electron chi connectivity index (χ4n) is 3.38. The predicted octanol–water partition coefficient (Wildman–Crippen LogP) is 2.04. The Balaban J connectivity index is 1.99. The fraction of sp³-hybridized carbons (Fsp3) is 0.550. The van der Waals surface area contributed by atoms with Crippen LogP contribution in [-0.4, -0.2) is 58.9 Å². The van der Waals surface area contributed by atoms with Crippen molar-refractivity contribution in [1.29, 1.82) is 0 Å². The normalized spacial score (nSPS) is 17.2. The molecule has 26 heavy (non-hydrogen) atoms. The van der Waals surface area contributed by atoms with E-state index in [-0.39, 0.29) is 30.2 Å². The average molecular weight is 360 g/mol. The highest BCUT2D eigenvalue weighted by Gasteiger charge is 2.32. The van der Waals surface area contributed by atoms with Gasteiger partial charge in [-0.05, 0) is 24.3 Å². The molecule has 2 amide bonds. The van der Waals surface area contributed by atoms with Crippen molar-refractivity contribution in [3.63, 3.8) is 0 Å². The molecule has 1 atom stereocenters. The summed E-state index contributed by atoms with van der Waals surface area (Å²) in [5.41, 5.74) is 0.957. The van der Waals surface area contributed by atoms with E-state index in [1.54, 1.807) is 4.90 Å². The molecule has 1 unspecified atom stereocenters. The number of amides is 2. The monoisotopic (exact) mass is 360 g/mol. The molecule has 1 heterocycles. The van der Waals surface area contributed by atoms with Crippen molar-refractivity contribution in [2.45, 2.75) is 33.1 Å². The Bertz CT molecular complexity index is 630. The zero-order valence-electron chi connectivity index (χ0n) is 15.6. The van der Waals surface area contributed by atoms with Gasteiger partial charge in [-0.15, -0.1) is 0 Å². The maximum atomic E-state index is 12.8. The van der Waals surface area contributed by atoms with Crippen LogP contribution in [0.25, 0.3) is 0 Å². The molecule has 1 aliphatic rings. The van der Waals surface area contributed by atoms with Gasteiger partial charge in [0.05, 0.1) is 12.3 Å². The molecule has 0 saturated carbocycles. The molecule has 0 aliphatic carbocycles. The van der Waals surface area contributed by atoms with Crippen LogP contribution in [0.4, 0.5) is 0 Å². The van der Waals surface area contributed by atoms with Crippen LogP contribution in [0, 0.1) is 11.8 Å². The van der Waals surface area contributed by atoms with E-state index >= 15 is 0 Å². The minimum absolute atomic E-state index is 0.0161. The minimum atomic E-state index is -1.01. The number of hydrogen-bond donors (Lipinski definition) is 1. The minimum Gasteiger partial charge on any atom is -0.480 e. The summed E-state index contributed by atoms with van der Waals surface area (Å²) in [5.74, 6) is -1.27. The molecule has 1 aliphatic heterocycles. The van der Waals surface area contributed by atoms with Crippen molar-refractivity contribution >= 4 is 17.8 Å². The van der Waals surface area contributed by atoms with Crippen molar-refractivity contribution in [2.24, 2.45) is 11.8 Å². The van der Waals surface area contributed by atoms with Crippen LogP contribution in [-0.2, 0) is 20.8 Å². The molecule has 6 heteroatoms. The second-order valence-corrected chi connectivity index (χ2v) is 7.35. The Kier molecular flexibility index (Phi) is 7.18. The average Bonchev–Trinajstić information content (AvgIpc) is 2.60. The van der Waals surface area contributed by atoms with Gasteiger partial charge in [-0.1, -0.05) is 44.2 Å². The number of benzene rings is 1. The van der Waals surface area contributed by atoms with Gasteiger partial charge in [-0.2, -0.15) is 0 Å². The molecule has 1 saturated heterocycles. The smallest absolute Gasteiger partial charge is 0.323 e. The zero-order valence-corrected chi connectivity index (χ0v) is 15.6. The standard InChI is InChI=1S/C20H28N2O4/c1-15(2)12-22(14-19(24)25)20(26)17-9-6-10-21(13-17)18(23)11-16-7-4-3-5-8-16/h3-5,7-8,15,17H,6,9-14H2,1-2H3,(H,24,25). The number of carboxylic acid groups (broad SMARTS) is 1. The number of piperidine rings is 1. The molecule has 2 rings (SSSR count). The highest BCUT2D eigenvalue weighted by molar-refractivity contribution is 5.85. The molecule has 142 valence electrons. The number of carbonyl (C=O) groups excluding carboxylic acids is 2. The topological polar surface area (TPSA) is 77.9 Å². The van der Waals surface area contributed by atoms with Crippen LogP contribution in [0.2, 0.25) is 0 Å². The van der Waals surface area contributed by atoms with Crippen LogP contribution in [0.5, 0.6) is 0 Å². The Labute approximate surface area is 154 Å². The second-order valence-electron chi connectivity index (χ2n) is 7.35. The van der Waals surface area contributed by atoms with E-state index < -0.39 is 5.97 Å². The molecule has 0 aromatic heterocycles. The van der Waals surface area contributed by atoms with Crippen LogP contribution in [0.15, 0.2) is 30.3 Å². The summed E-state index contributed by atoms with van der Waals surface area (Å²) in [5, 5.41) is 9.09. The summed E-state index contributed by atoms with van der Waals surface area (Å²) < 4.78 is 0. The van der Waals surface area contributed by atoms with Gasteiger partial charge in [0, 0.05) is 19.6 Å². The summed E-state index contributed by atoms with van der Waals surface area (Å²) in [4.78, 5) is 39.6. The number of nitrogens with zero attached hydrogens (tertiary/aromatic N) is 2. The molecular weight excluding hydrogens is 332 g/mol. The maximum Gasteiger partial charge on any atom is 0.323 e. The van der Waals surface area contributed by atoms with Crippen LogP contribution < -0.4 is 0 Å². The Morgan fingerprint density at radius 1 is 1.23 bits per heavy atom. The van der Waals surface area contributed by atoms with E-state index in [2.05, 4.69) is 0 Å². The van der Waals surface area contributed by atoms with Crippen molar-refractivity contribution in [3.05, 3.63) is 35.9 Å². The van der Waals surface area contributed by atoms with E-state index in [4.69, 9.17) is 5.11 Å². The van der Waals surface area contributed by atoms with Gasteiger partial charge in [0.1, 0.15) is 6.54 Å². The first-order valence-corrected chi connectivity index (χ1v) is 9.19. The second kappa shape index (κ2) is 9.36. The lowest BCUT2D eigenvalue weighted by Crippen LogP contribution is -2.49. The van der Waals surface area contributed by atoms with Gasteiger partial charge >= 0.3 is 5.97 Å². The van der Waals surface area contributed by atoms with Gasteiger partial charge < -0.3 is 14.9 Å². The number of likely N-dealkylation sites (tertiary alicyclic amines) is 1. The van der Waals surface area contributed by atoms with E-state index in [1.807, 2.05) is 44.2 Å². The molecule has 0 spiro atoms. The van der Waals surface area contributed by atoms with Crippen LogP contribution in [0.3, 0.4) is 0 Å². The SMILES string of the molecule is CC(C)CN(CC(=O)O)C(=O)C1CCCN(C(=O)Cc2ccccc2)C1. The van der Waals surface area contributed by atoms with Gasteiger partial charge in [-0.25, -0.2) is 0 Å². The Morgan fingerprint density at radius 2 is 1.92 bits per heavy atom. The molecule has 0 radical (unpaired) electrons. The largest absolute Gasteiger partial charge is 0.480 e. The maximum absolute atomic E-state index is 12.8. The quantitative estimate of drug-likeness (QED) is 0.807. The zero-order chi connectivity index (χ0) is 19.1. The number of rotatable bonds is 7. The highest BCUT2D eigenvalue weighted by Crippen LogP contribution is 2.20. The predicted molar refractivity (Wildman–Crippen MR) is 98.5 cm³/mol. The molecule has 6 nitrogen and oxygen atoms in total. The first kappa shape index (κ1) is 19.9. The summed E-state index contributed by atoms with van der Waals surface area (Å²) in [6.45, 7) is 5.07. The number of aliphatic carboxylic acids is 1. The van der Waals surface area contributed by atoms with E-state index in [1.165, 1.54) is 4.90 Å². The van der Waals surface area contributed by atoms with Gasteiger partial charge in [0.15, 0.2) is 0 Å². The first-order valence-electron chi connectivity index (χ1n) is 9.19. The fourth-order valence-corrected chi connectivity index (χ4v) is 3.38. The van der Waals surface area contributed by atoms with Gasteiger partial charge in [0.25, 0.3) is 0 Å². The van der Waals surface area contributed by atoms with Gasteiger partial charge in [-0.3, -0.25) is 14.4 Å². The van der Waals surface area contributed by atoms with Gasteiger partial charge in [0.2, 0.25) is 11.8 Å². The summed E-state index contributed by atoms with van der Waals surface area (Å²) in [6.07, 6.45) is 1.79. The lowest BCUT2D eigenvalue weighted by atomic mass is 9.95. The van der Waals surface area contributed by atoms with Crippen molar-refractivity contribution in [1.82, 2.24) is 9.80 Å². The lowest BCUT2D eigenvalue weighted by Gasteiger charge is -2.35. The number of carboxylic acids is 1. The highest BCUT2D eigenvalue weighted by atomic mass is 16.4. The molecule has 1 N–H and O–H groups in total. The molecule has 1 aromatic rings. The molecule has 1 fully saturated rings. The third-order valence-electron chi connectivity index (χ3n) is 4.54. The first-order chi connectivity index (χ1) is 12.4. The number of carbonyl (C=O) groups is 3. The number of hydrogen-bond acceptors (Lipinski definition) is 3. The van der Waals surface area contributed by atoms with Crippen molar-refractivity contribution < 1.29 is 19.5 Å². The van der Waals surface area contributed by atoms with E-state index in [0.717, 1.165) is 12.0 Å². The summed E-state index contributed by atoms with van der Waals surface area (Å²) >= 11 is 0. The third kappa shape index (κ3) is 5.86. The van der Waals surface area contributed by atoms with Crippen molar-refractivity contribution in [3.8, 4) is 0 Å². The van der Waals surface area contributed by atoms with E-state index in [9.17, 15) is 14.4 Å². The van der Waals surface area contributed by atoms with Crippen LogP contribution in [0.1, 0.15) is 32.3 Å². The van der Waals surface area contributed by atoms with E-state index in [0.29, 0.717) is 32.5 Å². The Morgan fingerprint density at radius 3 is 2.54 bits per heavy atom. The summed E-state index contributed by atoms with van der Waals surface area (Å²) in [7, 11) is 0. The van der Waals surface area contributed by atoms with Crippen molar-refractivity contribution in [2.75, 3.05) is 26.2 Å². The molecular formula is C20H28N2O4. The molecule has 0 bridgehead atoms. The van der Waals surface area contributed by atoms with Crippen LogP contribution >= 0.6 is 0 Å². The Hall–Kier alpha value is -2.37. The third-order valence-corrected chi connectivity index (χ3v) is 4.54.